The molecule has 0 unspecified atom stereocenters. The van der Waals surface area contributed by atoms with Gasteiger partial charge in [-0.2, -0.15) is 0 Å². The second kappa shape index (κ2) is 4.34. The summed E-state index contributed by atoms with van der Waals surface area (Å²) in [6.45, 7) is 5.34. The summed E-state index contributed by atoms with van der Waals surface area (Å²) in [5.41, 5.74) is 6.59. The summed E-state index contributed by atoms with van der Waals surface area (Å²) in [5.74, 6) is 1.72. The molecule has 1 atom stereocenters. The summed E-state index contributed by atoms with van der Waals surface area (Å²) >= 11 is 0. The molecule has 2 N–H and O–H groups in total. The molecule has 0 aromatic heterocycles. The van der Waals surface area contributed by atoms with E-state index in [4.69, 9.17) is 15.2 Å². The molecule has 1 aliphatic rings. The molecule has 1 aromatic rings. The van der Waals surface area contributed by atoms with Crippen molar-refractivity contribution in [1.29, 1.82) is 0 Å². The van der Waals surface area contributed by atoms with Crippen molar-refractivity contribution >= 4 is 0 Å². The van der Waals surface area contributed by atoms with Crippen molar-refractivity contribution in [3.05, 3.63) is 23.8 Å². The molecule has 0 amide bonds. The van der Waals surface area contributed by atoms with Crippen molar-refractivity contribution in [3.8, 4) is 11.5 Å². The lowest BCUT2D eigenvalue weighted by molar-refractivity contribution is 0.107. The Balaban J connectivity index is 2.24. The van der Waals surface area contributed by atoms with E-state index in [1.165, 1.54) is 5.56 Å². The molecular weight excluding hydrogens is 202 g/mol. The second-order valence-electron chi connectivity index (χ2n) is 4.46. The summed E-state index contributed by atoms with van der Waals surface area (Å²) in [6, 6.07) is 6.05. The lowest BCUT2D eigenvalue weighted by Gasteiger charge is -2.22. The second-order valence-corrected chi connectivity index (χ2v) is 4.46. The summed E-state index contributed by atoms with van der Waals surface area (Å²) in [4.78, 5) is 0. The Hall–Kier alpha value is -1.22. The topological polar surface area (TPSA) is 44.5 Å². The molecule has 88 valence electrons. The molecule has 0 radical (unpaired) electrons. The third kappa shape index (κ3) is 2.00. The maximum atomic E-state index is 6.01. The van der Waals surface area contributed by atoms with E-state index in [0.717, 1.165) is 24.3 Å². The van der Waals surface area contributed by atoms with Crippen LogP contribution in [0.3, 0.4) is 0 Å². The molecule has 3 heteroatoms. The third-order valence-corrected chi connectivity index (χ3v) is 3.10. The van der Waals surface area contributed by atoms with Gasteiger partial charge in [-0.25, -0.2) is 0 Å². The van der Waals surface area contributed by atoms with Gasteiger partial charge in [-0.05, 0) is 19.4 Å². The number of para-hydroxylation sites is 1. The van der Waals surface area contributed by atoms with E-state index < -0.39 is 0 Å². The Labute approximate surface area is 96.5 Å². The Morgan fingerprint density at radius 3 is 3.00 bits per heavy atom. The highest BCUT2D eigenvalue weighted by atomic mass is 16.5. The van der Waals surface area contributed by atoms with Gasteiger partial charge in [0.2, 0.25) is 0 Å². The molecule has 0 spiro atoms. The number of nitrogens with two attached hydrogens (primary N) is 1. The molecule has 1 aromatic carbocycles. The zero-order valence-corrected chi connectivity index (χ0v) is 9.95. The predicted molar refractivity (Wildman–Crippen MR) is 64.0 cm³/mol. The van der Waals surface area contributed by atoms with Crippen LogP contribution in [0.15, 0.2) is 18.2 Å². The van der Waals surface area contributed by atoms with Crippen LogP contribution in [-0.4, -0.2) is 18.8 Å². The van der Waals surface area contributed by atoms with Crippen LogP contribution in [0.4, 0.5) is 0 Å². The van der Waals surface area contributed by atoms with E-state index in [0.29, 0.717) is 13.2 Å². The van der Waals surface area contributed by atoms with Gasteiger partial charge >= 0.3 is 0 Å². The Morgan fingerprint density at radius 2 is 2.31 bits per heavy atom. The van der Waals surface area contributed by atoms with E-state index in [9.17, 15) is 0 Å². The Morgan fingerprint density at radius 1 is 1.50 bits per heavy atom. The molecule has 0 bridgehead atoms. The van der Waals surface area contributed by atoms with Gasteiger partial charge in [0.15, 0.2) is 11.5 Å². The minimum Gasteiger partial charge on any atom is -0.488 e. The quantitative estimate of drug-likeness (QED) is 0.847. The normalized spacial score (nSPS) is 22.7. The minimum absolute atomic E-state index is 0.0789. The van der Waals surface area contributed by atoms with E-state index >= 15 is 0 Å². The average Bonchev–Trinajstić information content (AvgIpc) is 2.64. The monoisotopic (exact) mass is 221 g/mol. The van der Waals surface area contributed by atoms with Crippen LogP contribution in [0, 0.1) is 0 Å². The molecular formula is C13H19NO2. The molecule has 3 nitrogen and oxygen atoms in total. The summed E-state index contributed by atoms with van der Waals surface area (Å²) in [5, 5.41) is 0. The molecule has 0 fully saturated rings. The SMILES string of the molecule is CC[C@]1(C)Cc2cccc(OCCN)c2O1. The van der Waals surface area contributed by atoms with Gasteiger partial charge in [-0.3, -0.25) is 0 Å². The van der Waals surface area contributed by atoms with Gasteiger partial charge in [0, 0.05) is 18.5 Å². The van der Waals surface area contributed by atoms with E-state index in [-0.39, 0.29) is 5.60 Å². The fourth-order valence-corrected chi connectivity index (χ4v) is 1.98. The van der Waals surface area contributed by atoms with Crippen molar-refractivity contribution in [2.45, 2.75) is 32.3 Å². The van der Waals surface area contributed by atoms with Gasteiger partial charge in [-0.1, -0.05) is 19.1 Å². The highest BCUT2D eigenvalue weighted by molar-refractivity contribution is 5.50. The van der Waals surface area contributed by atoms with Crippen LogP contribution >= 0.6 is 0 Å². The summed E-state index contributed by atoms with van der Waals surface area (Å²) in [7, 11) is 0. The lowest BCUT2D eigenvalue weighted by Crippen LogP contribution is -2.28. The summed E-state index contributed by atoms with van der Waals surface area (Å²) in [6.07, 6.45) is 1.96. The summed E-state index contributed by atoms with van der Waals surface area (Å²) < 4.78 is 11.6. The van der Waals surface area contributed by atoms with Crippen molar-refractivity contribution in [2.75, 3.05) is 13.2 Å². The average molecular weight is 221 g/mol. The molecule has 1 heterocycles. The van der Waals surface area contributed by atoms with Crippen LogP contribution in [0.1, 0.15) is 25.8 Å². The number of rotatable bonds is 4. The van der Waals surface area contributed by atoms with Gasteiger partial charge in [-0.15, -0.1) is 0 Å². The molecule has 0 aliphatic carbocycles. The molecule has 0 saturated carbocycles. The number of benzene rings is 1. The lowest BCUT2D eigenvalue weighted by atomic mass is 9.97. The van der Waals surface area contributed by atoms with Gasteiger partial charge < -0.3 is 15.2 Å². The van der Waals surface area contributed by atoms with Crippen molar-refractivity contribution in [2.24, 2.45) is 5.73 Å². The molecule has 0 saturated heterocycles. The van der Waals surface area contributed by atoms with Crippen LogP contribution in [0.2, 0.25) is 0 Å². The minimum atomic E-state index is -0.0789. The first-order valence-electron chi connectivity index (χ1n) is 5.82. The van der Waals surface area contributed by atoms with E-state index in [2.05, 4.69) is 19.9 Å². The zero-order chi connectivity index (χ0) is 11.6. The largest absolute Gasteiger partial charge is 0.488 e. The maximum absolute atomic E-state index is 6.01. The fraction of sp³-hybridized carbons (Fsp3) is 0.538. The standard InChI is InChI=1S/C13H19NO2/c1-3-13(2)9-10-5-4-6-11(12(10)16-13)15-8-7-14/h4-6H,3,7-9,14H2,1-2H3/t13-/m1/s1. The number of fused-ring (bicyclic) bond motifs is 1. The van der Waals surface area contributed by atoms with Crippen LogP contribution in [0.5, 0.6) is 11.5 Å². The van der Waals surface area contributed by atoms with Gasteiger partial charge in [0.1, 0.15) is 12.2 Å². The zero-order valence-electron chi connectivity index (χ0n) is 9.95. The van der Waals surface area contributed by atoms with Crippen molar-refractivity contribution < 1.29 is 9.47 Å². The van der Waals surface area contributed by atoms with E-state index in [1.54, 1.807) is 0 Å². The highest BCUT2D eigenvalue weighted by Gasteiger charge is 2.34. The van der Waals surface area contributed by atoms with Crippen LogP contribution in [-0.2, 0) is 6.42 Å². The number of ether oxygens (including phenoxy) is 2. The smallest absolute Gasteiger partial charge is 0.165 e. The first-order valence-corrected chi connectivity index (χ1v) is 5.82. The Bertz CT molecular complexity index is 378. The first kappa shape index (κ1) is 11.3. The van der Waals surface area contributed by atoms with Crippen molar-refractivity contribution in [3.63, 3.8) is 0 Å². The number of hydrogen-bond donors (Lipinski definition) is 1. The highest BCUT2D eigenvalue weighted by Crippen LogP contribution is 2.42. The van der Waals surface area contributed by atoms with Gasteiger partial charge in [0.05, 0.1) is 0 Å². The molecule has 1 aliphatic heterocycles. The molecule has 16 heavy (non-hydrogen) atoms. The fourth-order valence-electron chi connectivity index (χ4n) is 1.98. The van der Waals surface area contributed by atoms with Crippen molar-refractivity contribution in [1.82, 2.24) is 0 Å². The third-order valence-electron chi connectivity index (χ3n) is 3.10. The maximum Gasteiger partial charge on any atom is 0.165 e. The molecule has 2 rings (SSSR count). The van der Waals surface area contributed by atoms with Crippen LogP contribution in [0.25, 0.3) is 0 Å². The van der Waals surface area contributed by atoms with E-state index in [1.807, 2.05) is 12.1 Å². The van der Waals surface area contributed by atoms with Gasteiger partial charge in [0.25, 0.3) is 0 Å². The predicted octanol–water partition coefficient (Wildman–Crippen LogP) is 2.13. The Kier molecular flexibility index (Phi) is 3.06. The first-order chi connectivity index (χ1) is 7.68. The van der Waals surface area contributed by atoms with Crippen LogP contribution < -0.4 is 15.2 Å². The number of hydrogen-bond acceptors (Lipinski definition) is 3.